The molecule has 0 spiro atoms. The molecule has 2 amide bonds. The highest BCUT2D eigenvalue weighted by Crippen LogP contribution is 2.26. The minimum Gasteiger partial charge on any atom is -0.366 e. The first-order valence-corrected chi connectivity index (χ1v) is 8.77. The fourth-order valence-corrected chi connectivity index (χ4v) is 3.82. The Labute approximate surface area is 153 Å². The Morgan fingerprint density at radius 1 is 1.23 bits per heavy atom. The number of rotatable bonds is 4. The van der Waals surface area contributed by atoms with Crippen molar-refractivity contribution in [2.75, 3.05) is 5.32 Å². The fraction of sp³-hybridized carbons (Fsp3) is 0.222. The lowest BCUT2D eigenvalue weighted by Crippen LogP contribution is -2.30. The Morgan fingerprint density at radius 3 is 2.62 bits per heavy atom. The van der Waals surface area contributed by atoms with Gasteiger partial charge in [-0.1, -0.05) is 12.1 Å². The molecule has 0 aliphatic carbocycles. The Morgan fingerprint density at radius 2 is 1.92 bits per heavy atom. The monoisotopic (exact) mass is 370 g/mol. The molecule has 0 unspecified atom stereocenters. The summed E-state index contributed by atoms with van der Waals surface area (Å²) < 4.78 is 1.34. The number of carbonyl (C=O) groups is 2. The molecule has 0 bridgehead atoms. The second-order valence-electron chi connectivity index (χ2n) is 5.97. The lowest BCUT2D eigenvalue weighted by atomic mass is 10.1. The quantitative estimate of drug-likeness (QED) is 0.733. The first-order valence-electron chi connectivity index (χ1n) is 7.95. The van der Waals surface area contributed by atoms with Gasteiger partial charge in [0.05, 0.1) is 16.6 Å². The number of nitrogens with one attached hydrogen (secondary N) is 1. The van der Waals surface area contributed by atoms with Gasteiger partial charge in [-0.3, -0.25) is 19.0 Å². The number of thiophene rings is 1. The number of carbonyl (C=O) groups excluding carboxylic acids is 2. The largest absolute Gasteiger partial charge is 0.366 e. The second-order valence-corrected chi connectivity index (χ2v) is 7.17. The fourth-order valence-electron chi connectivity index (χ4n) is 2.76. The maximum Gasteiger partial charge on any atom is 0.263 e. The summed E-state index contributed by atoms with van der Waals surface area (Å²) in [4.78, 5) is 42.9. The van der Waals surface area contributed by atoms with Crippen molar-refractivity contribution in [3.05, 3.63) is 56.4 Å². The summed E-state index contributed by atoms with van der Waals surface area (Å²) in [6, 6.07) is 6.45. The van der Waals surface area contributed by atoms with E-state index in [0.29, 0.717) is 21.7 Å². The van der Waals surface area contributed by atoms with E-state index >= 15 is 0 Å². The van der Waals surface area contributed by atoms with Crippen molar-refractivity contribution in [2.24, 2.45) is 5.73 Å². The van der Waals surface area contributed by atoms with Gasteiger partial charge >= 0.3 is 0 Å². The average Bonchev–Trinajstić information content (AvgIpc) is 2.86. The number of hydrogen-bond acceptors (Lipinski definition) is 5. The van der Waals surface area contributed by atoms with Gasteiger partial charge in [0.15, 0.2) is 0 Å². The summed E-state index contributed by atoms with van der Waals surface area (Å²) in [6.45, 7) is 5.30. The Bertz CT molecular complexity index is 1100. The smallest absolute Gasteiger partial charge is 0.263 e. The predicted molar refractivity (Wildman–Crippen MR) is 102 cm³/mol. The van der Waals surface area contributed by atoms with Gasteiger partial charge in [0.2, 0.25) is 5.91 Å². The second kappa shape index (κ2) is 6.72. The molecular formula is C18H18N4O3S. The van der Waals surface area contributed by atoms with E-state index in [1.54, 1.807) is 25.1 Å². The highest BCUT2D eigenvalue weighted by molar-refractivity contribution is 7.18. The molecule has 8 heteroatoms. The molecule has 1 aromatic carbocycles. The number of aryl methyl sites for hydroxylation is 3. The number of benzene rings is 1. The van der Waals surface area contributed by atoms with Crippen molar-refractivity contribution < 1.29 is 9.59 Å². The van der Waals surface area contributed by atoms with Crippen molar-refractivity contribution in [1.82, 2.24) is 9.55 Å². The van der Waals surface area contributed by atoms with Crippen molar-refractivity contribution in [3.8, 4) is 0 Å². The number of fused-ring (bicyclic) bond motifs is 1. The first kappa shape index (κ1) is 17.8. The van der Waals surface area contributed by atoms with Crippen LogP contribution in [0.1, 0.15) is 26.6 Å². The van der Waals surface area contributed by atoms with Crippen LogP contribution in [-0.4, -0.2) is 21.4 Å². The van der Waals surface area contributed by atoms with Gasteiger partial charge in [-0.2, -0.15) is 0 Å². The number of amides is 2. The summed E-state index contributed by atoms with van der Waals surface area (Å²) in [5.74, 6) is -0.613. The van der Waals surface area contributed by atoms with Crippen molar-refractivity contribution >= 4 is 39.1 Å². The first-order chi connectivity index (χ1) is 12.3. The Kier molecular flexibility index (Phi) is 4.60. The third-order valence-electron chi connectivity index (χ3n) is 4.25. The zero-order valence-electron chi connectivity index (χ0n) is 14.6. The summed E-state index contributed by atoms with van der Waals surface area (Å²) in [7, 11) is 0. The molecule has 26 heavy (non-hydrogen) atoms. The Balaban J connectivity index is 1.94. The molecule has 134 valence electrons. The number of hydrogen-bond donors (Lipinski definition) is 2. The van der Waals surface area contributed by atoms with E-state index in [0.717, 1.165) is 10.4 Å². The van der Waals surface area contributed by atoms with Crippen LogP contribution in [0.25, 0.3) is 10.2 Å². The van der Waals surface area contributed by atoms with Crippen molar-refractivity contribution in [2.45, 2.75) is 27.3 Å². The maximum atomic E-state index is 12.8. The third-order valence-corrected chi connectivity index (χ3v) is 5.35. The number of aromatic nitrogens is 2. The van der Waals surface area contributed by atoms with Crippen LogP contribution in [0.3, 0.4) is 0 Å². The van der Waals surface area contributed by atoms with Crippen LogP contribution in [0.2, 0.25) is 0 Å². The highest BCUT2D eigenvalue weighted by atomic mass is 32.1. The standard InChI is InChI=1S/C18H18N4O3S/c1-9-10(2)26-17-15(9)18(25)22(11(3)20-17)8-14(23)21-13-7-5-4-6-12(13)16(19)24/h4-7H,8H2,1-3H3,(H2,19,24)(H,21,23). The molecule has 0 atom stereocenters. The van der Waals surface area contributed by atoms with Crippen LogP contribution in [-0.2, 0) is 11.3 Å². The van der Waals surface area contributed by atoms with Gasteiger partial charge in [-0.05, 0) is 38.5 Å². The minimum absolute atomic E-state index is 0.199. The molecular weight excluding hydrogens is 352 g/mol. The van der Waals surface area contributed by atoms with E-state index in [1.807, 2.05) is 13.8 Å². The number of nitrogens with two attached hydrogens (primary N) is 1. The van der Waals surface area contributed by atoms with Gasteiger partial charge in [-0.15, -0.1) is 11.3 Å². The van der Waals surface area contributed by atoms with Crippen LogP contribution >= 0.6 is 11.3 Å². The van der Waals surface area contributed by atoms with Crippen LogP contribution < -0.4 is 16.6 Å². The molecule has 7 nitrogen and oxygen atoms in total. The molecule has 2 heterocycles. The van der Waals surface area contributed by atoms with E-state index in [-0.39, 0.29) is 17.7 Å². The maximum absolute atomic E-state index is 12.8. The summed E-state index contributed by atoms with van der Waals surface area (Å²) in [5.41, 5.74) is 6.48. The molecule has 0 radical (unpaired) electrons. The predicted octanol–water partition coefficient (Wildman–Crippen LogP) is 2.12. The van der Waals surface area contributed by atoms with Gasteiger partial charge in [0, 0.05) is 4.88 Å². The summed E-state index contributed by atoms with van der Waals surface area (Å²) >= 11 is 1.47. The van der Waals surface area contributed by atoms with Gasteiger partial charge in [0.1, 0.15) is 17.2 Å². The molecule has 0 aliphatic heterocycles. The molecule has 3 aromatic rings. The molecule has 0 saturated heterocycles. The van der Waals surface area contributed by atoms with Crippen molar-refractivity contribution in [3.63, 3.8) is 0 Å². The van der Waals surface area contributed by atoms with Gasteiger partial charge in [-0.25, -0.2) is 4.98 Å². The normalized spacial score (nSPS) is 10.9. The lowest BCUT2D eigenvalue weighted by molar-refractivity contribution is -0.116. The molecule has 3 rings (SSSR count). The topological polar surface area (TPSA) is 107 Å². The molecule has 0 aliphatic rings. The van der Waals surface area contributed by atoms with Gasteiger partial charge in [0.25, 0.3) is 11.5 Å². The number of para-hydroxylation sites is 1. The van der Waals surface area contributed by atoms with Gasteiger partial charge < -0.3 is 11.1 Å². The number of primary amides is 1. The summed E-state index contributed by atoms with van der Waals surface area (Å²) in [6.07, 6.45) is 0. The van der Waals surface area contributed by atoms with Crippen LogP contribution in [0.5, 0.6) is 0 Å². The van der Waals surface area contributed by atoms with E-state index in [9.17, 15) is 14.4 Å². The number of nitrogens with zero attached hydrogens (tertiary/aromatic N) is 2. The SMILES string of the molecule is Cc1sc2nc(C)n(CC(=O)Nc3ccccc3C(N)=O)c(=O)c2c1C. The zero-order valence-corrected chi connectivity index (χ0v) is 15.4. The van der Waals surface area contributed by atoms with Crippen LogP contribution in [0.4, 0.5) is 5.69 Å². The van der Waals surface area contributed by atoms with Crippen LogP contribution in [0, 0.1) is 20.8 Å². The highest BCUT2D eigenvalue weighted by Gasteiger charge is 2.17. The van der Waals surface area contributed by atoms with E-state index in [1.165, 1.54) is 22.0 Å². The van der Waals surface area contributed by atoms with E-state index < -0.39 is 11.8 Å². The number of anilines is 1. The molecule has 0 fully saturated rings. The van der Waals surface area contributed by atoms with E-state index in [2.05, 4.69) is 10.3 Å². The zero-order chi connectivity index (χ0) is 19.0. The average molecular weight is 370 g/mol. The molecule has 0 saturated carbocycles. The lowest BCUT2D eigenvalue weighted by Gasteiger charge is -2.12. The third kappa shape index (κ3) is 3.11. The van der Waals surface area contributed by atoms with Crippen molar-refractivity contribution in [1.29, 1.82) is 0 Å². The van der Waals surface area contributed by atoms with E-state index in [4.69, 9.17) is 5.73 Å². The minimum atomic E-state index is -0.637. The molecule has 3 N–H and O–H groups in total. The summed E-state index contributed by atoms with van der Waals surface area (Å²) in [5, 5.41) is 3.18. The Hall–Kier alpha value is -3.00. The molecule has 2 aromatic heterocycles. The van der Waals surface area contributed by atoms with Crippen LogP contribution in [0.15, 0.2) is 29.1 Å².